The summed E-state index contributed by atoms with van der Waals surface area (Å²) in [6, 6.07) is 60.1. The molecular formula is C53H34N2O3. The molecule has 3 aliphatic rings. The highest BCUT2D eigenvalue weighted by molar-refractivity contribution is 6.24. The van der Waals surface area contributed by atoms with E-state index < -0.39 is 0 Å². The van der Waals surface area contributed by atoms with Gasteiger partial charge < -0.3 is 23.7 Å². The van der Waals surface area contributed by atoms with Crippen molar-refractivity contribution in [2.75, 3.05) is 9.80 Å². The average molecular weight is 747 g/mol. The molecule has 13 rings (SSSR count). The maximum Gasteiger partial charge on any atom is 0.151 e. The van der Waals surface area contributed by atoms with Crippen LogP contribution in [0, 0.1) is 0 Å². The lowest BCUT2D eigenvalue weighted by atomic mass is 9.81. The van der Waals surface area contributed by atoms with Gasteiger partial charge in [0, 0.05) is 33.0 Å². The molecule has 0 bridgehead atoms. The first kappa shape index (κ1) is 31.7. The molecule has 0 spiro atoms. The molecule has 0 unspecified atom stereocenters. The van der Waals surface area contributed by atoms with Crippen LogP contribution < -0.4 is 19.3 Å². The fourth-order valence-electron chi connectivity index (χ4n) is 9.97. The molecule has 5 nitrogen and oxygen atoms in total. The predicted molar refractivity (Wildman–Crippen MR) is 236 cm³/mol. The third-order valence-corrected chi connectivity index (χ3v) is 12.6. The van der Waals surface area contributed by atoms with Crippen molar-refractivity contribution in [3.63, 3.8) is 0 Å². The van der Waals surface area contributed by atoms with Gasteiger partial charge in [-0.25, -0.2) is 0 Å². The molecule has 0 radical (unpaired) electrons. The summed E-state index contributed by atoms with van der Waals surface area (Å²) in [7, 11) is 0. The average Bonchev–Trinajstić information content (AvgIpc) is 3.74. The van der Waals surface area contributed by atoms with Gasteiger partial charge in [-0.2, -0.15) is 0 Å². The second-order valence-corrected chi connectivity index (χ2v) is 16.0. The Morgan fingerprint density at radius 1 is 0.379 bits per heavy atom. The number of nitrogens with zero attached hydrogens (tertiary/aromatic N) is 2. The van der Waals surface area contributed by atoms with Crippen LogP contribution in [0.5, 0.6) is 23.0 Å². The third kappa shape index (κ3) is 4.14. The Balaban J connectivity index is 1.06. The third-order valence-electron chi connectivity index (χ3n) is 12.6. The largest absolute Gasteiger partial charge is 0.456 e. The van der Waals surface area contributed by atoms with E-state index >= 15 is 0 Å². The number of anilines is 6. The van der Waals surface area contributed by atoms with Crippen LogP contribution in [0.4, 0.5) is 34.1 Å². The zero-order valence-electron chi connectivity index (χ0n) is 31.8. The number of rotatable bonds is 2. The normalized spacial score (nSPS) is 14.4. The Labute approximate surface area is 334 Å². The Bertz CT molecular complexity index is 3320. The Morgan fingerprint density at radius 2 is 0.828 bits per heavy atom. The summed E-state index contributed by atoms with van der Waals surface area (Å²) < 4.78 is 19.8. The SMILES string of the molecule is CC1(C)c2cc3oc4cc(N5c6ccccc6Oc6ccccc65)c5ccccc5c4c3cc2-c2c1cc(N1c3ccccc3Oc3ccccc31)c1ccccc21. The molecule has 10 aromatic rings. The molecule has 0 N–H and O–H groups in total. The monoisotopic (exact) mass is 746 g/mol. The second-order valence-electron chi connectivity index (χ2n) is 16.0. The van der Waals surface area contributed by atoms with Crippen molar-refractivity contribution in [3.8, 4) is 34.1 Å². The van der Waals surface area contributed by atoms with Crippen LogP contribution in [-0.2, 0) is 5.41 Å². The number of hydrogen-bond acceptors (Lipinski definition) is 5. The van der Waals surface area contributed by atoms with Gasteiger partial charge in [0.25, 0.3) is 0 Å². The zero-order chi connectivity index (χ0) is 38.3. The Hall–Kier alpha value is -7.50. The van der Waals surface area contributed by atoms with Gasteiger partial charge >= 0.3 is 0 Å². The Kier molecular flexibility index (Phi) is 6.17. The van der Waals surface area contributed by atoms with Gasteiger partial charge in [0.15, 0.2) is 23.0 Å². The lowest BCUT2D eigenvalue weighted by molar-refractivity contribution is 0.477. The minimum atomic E-state index is -0.309. The van der Waals surface area contributed by atoms with E-state index in [9.17, 15) is 0 Å². The molecule has 0 saturated carbocycles. The molecular weight excluding hydrogens is 713 g/mol. The summed E-state index contributed by atoms with van der Waals surface area (Å²) in [6.45, 7) is 4.71. The minimum Gasteiger partial charge on any atom is -0.456 e. The summed E-state index contributed by atoms with van der Waals surface area (Å²) in [5.74, 6) is 3.34. The van der Waals surface area contributed by atoms with Gasteiger partial charge in [-0.3, -0.25) is 0 Å². The molecule has 0 saturated heterocycles. The number of furan rings is 1. The van der Waals surface area contributed by atoms with Crippen LogP contribution in [-0.4, -0.2) is 0 Å². The second kappa shape index (κ2) is 11.3. The zero-order valence-corrected chi connectivity index (χ0v) is 31.8. The maximum atomic E-state index is 6.99. The molecule has 0 fully saturated rings. The van der Waals surface area contributed by atoms with Crippen LogP contribution in [0.2, 0.25) is 0 Å². The molecule has 9 aromatic carbocycles. The van der Waals surface area contributed by atoms with Crippen molar-refractivity contribution >= 4 is 77.6 Å². The molecule has 1 aromatic heterocycles. The fourth-order valence-corrected chi connectivity index (χ4v) is 9.97. The molecule has 5 heteroatoms. The molecule has 0 atom stereocenters. The minimum absolute atomic E-state index is 0.309. The van der Waals surface area contributed by atoms with E-state index in [1.165, 1.54) is 33.0 Å². The van der Waals surface area contributed by atoms with Gasteiger partial charge in [0.2, 0.25) is 0 Å². The van der Waals surface area contributed by atoms with Gasteiger partial charge in [-0.1, -0.05) is 111 Å². The number of ether oxygens (including phenoxy) is 2. The highest BCUT2D eigenvalue weighted by Crippen LogP contribution is 2.59. The summed E-state index contributed by atoms with van der Waals surface area (Å²) >= 11 is 0. The van der Waals surface area contributed by atoms with Crippen LogP contribution >= 0.6 is 0 Å². The fraction of sp³-hybridized carbons (Fsp3) is 0.0566. The van der Waals surface area contributed by atoms with E-state index in [0.717, 1.165) is 89.8 Å². The van der Waals surface area contributed by atoms with Gasteiger partial charge in [-0.15, -0.1) is 0 Å². The van der Waals surface area contributed by atoms with Crippen molar-refractivity contribution in [3.05, 3.63) is 181 Å². The predicted octanol–water partition coefficient (Wildman–Crippen LogP) is 15.3. The van der Waals surface area contributed by atoms with Crippen molar-refractivity contribution < 1.29 is 13.9 Å². The summed E-state index contributed by atoms with van der Waals surface area (Å²) in [6.07, 6.45) is 0. The lowest BCUT2D eigenvalue weighted by Crippen LogP contribution is -2.19. The number of fused-ring (bicyclic) bond motifs is 14. The van der Waals surface area contributed by atoms with Gasteiger partial charge in [-0.05, 0) is 99.8 Å². The van der Waals surface area contributed by atoms with Crippen molar-refractivity contribution in [1.29, 1.82) is 0 Å². The van der Waals surface area contributed by atoms with E-state index in [1.54, 1.807) is 0 Å². The molecule has 1 aliphatic carbocycles. The van der Waals surface area contributed by atoms with E-state index in [-0.39, 0.29) is 5.41 Å². The van der Waals surface area contributed by atoms with Crippen LogP contribution in [0.15, 0.2) is 174 Å². The topological polar surface area (TPSA) is 38.1 Å². The van der Waals surface area contributed by atoms with Gasteiger partial charge in [0.05, 0.1) is 34.1 Å². The molecule has 2 aliphatic heterocycles. The molecule has 274 valence electrons. The lowest BCUT2D eigenvalue weighted by Gasteiger charge is -2.34. The number of hydrogen-bond donors (Lipinski definition) is 0. The summed E-state index contributed by atoms with van der Waals surface area (Å²) in [5, 5.41) is 6.96. The van der Waals surface area contributed by atoms with Crippen molar-refractivity contribution in [2.45, 2.75) is 19.3 Å². The summed E-state index contributed by atoms with van der Waals surface area (Å²) in [5.41, 5.74) is 12.8. The van der Waals surface area contributed by atoms with Crippen molar-refractivity contribution in [1.82, 2.24) is 0 Å². The smallest absolute Gasteiger partial charge is 0.151 e. The first-order chi connectivity index (χ1) is 28.5. The van der Waals surface area contributed by atoms with E-state index in [1.807, 2.05) is 36.4 Å². The highest BCUT2D eigenvalue weighted by atomic mass is 16.5. The molecule has 58 heavy (non-hydrogen) atoms. The van der Waals surface area contributed by atoms with Crippen molar-refractivity contribution in [2.24, 2.45) is 0 Å². The van der Waals surface area contributed by atoms with Crippen LogP contribution in [0.25, 0.3) is 54.6 Å². The first-order valence-electron chi connectivity index (χ1n) is 19.8. The highest BCUT2D eigenvalue weighted by Gasteiger charge is 2.40. The first-order valence-corrected chi connectivity index (χ1v) is 19.8. The van der Waals surface area contributed by atoms with Gasteiger partial charge in [0.1, 0.15) is 11.2 Å². The van der Waals surface area contributed by atoms with E-state index in [2.05, 4.69) is 157 Å². The standard InChI is InChI=1S/C53H34N2O3/c1-53(2)37-29-49-36(52-34-18-6-4-16-32(34)44(30-50(52)58-49)55-41-21-9-13-25-47(41)57-48-26-14-10-22-42(48)55)27-35(37)51-33-17-5-3-15-31(33)43(28-38(51)53)54-39-19-7-11-23-45(39)56-46-24-12-8-20-40(46)54/h3-30H,1-2H3. The van der Waals surface area contributed by atoms with Crippen LogP contribution in [0.3, 0.4) is 0 Å². The maximum absolute atomic E-state index is 6.99. The molecule has 0 amide bonds. The van der Waals surface area contributed by atoms with Crippen LogP contribution in [0.1, 0.15) is 25.0 Å². The van der Waals surface area contributed by atoms with E-state index in [0.29, 0.717) is 0 Å². The summed E-state index contributed by atoms with van der Waals surface area (Å²) in [4.78, 5) is 4.70. The number of benzene rings is 9. The quantitative estimate of drug-likeness (QED) is 0.176. The number of para-hydroxylation sites is 8. The van der Waals surface area contributed by atoms with E-state index in [4.69, 9.17) is 13.9 Å². The molecule has 3 heterocycles. The Morgan fingerprint density at radius 3 is 1.38 bits per heavy atom.